The van der Waals surface area contributed by atoms with Crippen LogP contribution in [0.25, 0.3) is 0 Å². The molecule has 0 aromatic heterocycles. The third-order valence-electron chi connectivity index (χ3n) is 3.19. The van der Waals surface area contributed by atoms with Crippen LogP contribution in [0.15, 0.2) is 30.3 Å². The Morgan fingerprint density at radius 3 is 2.88 bits per heavy atom. The molecular formula is C13H18N2O. The Hall–Kier alpha value is -1.35. The van der Waals surface area contributed by atoms with Crippen molar-refractivity contribution in [2.45, 2.75) is 12.3 Å². The monoisotopic (exact) mass is 218 g/mol. The number of likely N-dealkylation sites (tertiary alicyclic amines) is 1. The quantitative estimate of drug-likeness (QED) is 0.827. The summed E-state index contributed by atoms with van der Waals surface area (Å²) in [7, 11) is 1.69. The molecule has 0 bridgehead atoms. The molecule has 1 fully saturated rings. The predicted molar refractivity (Wildman–Crippen MR) is 64.3 cm³/mol. The lowest BCUT2D eigenvalue weighted by Gasteiger charge is -2.14. The third-order valence-corrected chi connectivity index (χ3v) is 3.19. The maximum Gasteiger partial charge on any atom is 0.233 e. The minimum Gasteiger partial charge on any atom is -0.358 e. The summed E-state index contributed by atoms with van der Waals surface area (Å²) in [6, 6.07) is 10.6. The van der Waals surface area contributed by atoms with Gasteiger partial charge in [-0.05, 0) is 24.4 Å². The van der Waals surface area contributed by atoms with E-state index in [4.69, 9.17) is 0 Å². The highest BCUT2D eigenvalue weighted by atomic mass is 16.1. The second-order valence-electron chi connectivity index (χ2n) is 4.30. The molecule has 16 heavy (non-hydrogen) atoms. The average molecular weight is 218 g/mol. The molecular weight excluding hydrogens is 200 g/mol. The molecule has 86 valence electrons. The van der Waals surface area contributed by atoms with Gasteiger partial charge in [0.2, 0.25) is 5.91 Å². The van der Waals surface area contributed by atoms with Crippen LogP contribution >= 0.6 is 0 Å². The first-order chi connectivity index (χ1) is 7.79. The molecule has 1 aromatic rings. The first-order valence-corrected chi connectivity index (χ1v) is 5.77. The number of rotatable bonds is 3. The Balaban J connectivity index is 1.91. The van der Waals surface area contributed by atoms with Crippen molar-refractivity contribution in [1.29, 1.82) is 0 Å². The number of nitrogens with zero attached hydrogens (tertiary/aromatic N) is 1. The molecule has 1 aliphatic rings. The maximum atomic E-state index is 11.3. The van der Waals surface area contributed by atoms with E-state index in [0.29, 0.717) is 12.5 Å². The van der Waals surface area contributed by atoms with E-state index in [-0.39, 0.29) is 5.91 Å². The molecule has 1 N–H and O–H groups in total. The molecule has 1 amide bonds. The van der Waals surface area contributed by atoms with Gasteiger partial charge < -0.3 is 5.32 Å². The highest BCUT2D eigenvalue weighted by Gasteiger charge is 2.24. The summed E-state index contributed by atoms with van der Waals surface area (Å²) in [5.41, 5.74) is 1.39. The van der Waals surface area contributed by atoms with Gasteiger partial charge in [-0.15, -0.1) is 0 Å². The van der Waals surface area contributed by atoms with Crippen LogP contribution in [0.2, 0.25) is 0 Å². The fourth-order valence-corrected chi connectivity index (χ4v) is 2.26. The van der Waals surface area contributed by atoms with E-state index < -0.39 is 0 Å². The molecule has 2 rings (SSSR count). The van der Waals surface area contributed by atoms with E-state index in [9.17, 15) is 4.79 Å². The highest BCUT2D eigenvalue weighted by Crippen LogP contribution is 2.26. The van der Waals surface area contributed by atoms with Crippen LogP contribution in [-0.4, -0.2) is 37.5 Å². The van der Waals surface area contributed by atoms with Crippen molar-refractivity contribution < 1.29 is 4.79 Å². The number of benzene rings is 1. The van der Waals surface area contributed by atoms with Gasteiger partial charge in [-0.1, -0.05) is 30.3 Å². The van der Waals surface area contributed by atoms with Crippen molar-refractivity contribution in [3.05, 3.63) is 35.9 Å². The molecule has 1 unspecified atom stereocenters. The summed E-state index contributed by atoms with van der Waals surface area (Å²) in [6.07, 6.45) is 1.15. The predicted octanol–water partition coefficient (Wildman–Crippen LogP) is 1.22. The molecule has 3 heteroatoms. The Morgan fingerprint density at radius 2 is 2.19 bits per heavy atom. The van der Waals surface area contributed by atoms with E-state index in [1.807, 2.05) is 6.07 Å². The standard InChI is InChI=1S/C13H18N2O/c1-14-13(16)10-15-8-7-12(9-15)11-5-3-2-4-6-11/h2-6,12H,7-10H2,1H3,(H,14,16). The van der Waals surface area contributed by atoms with E-state index in [0.717, 1.165) is 19.5 Å². The first kappa shape index (κ1) is 11.1. The van der Waals surface area contributed by atoms with E-state index >= 15 is 0 Å². The van der Waals surface area contributed by atoms with Gasteiger partial charge in [0.15, 0.2) is 0 Å². The van der Waals surface area contributed by atoms with Gasteiger partial charge in [-0.3, -0.25) is 9.69 Å². The van der Waals surface area contributed by atoms with Crippen LogP contribution in [0, 0.1) is 0 Å². The van der Waals surface area contributed by atoms with E-state index in [2.05, 4.69) is 34.5 Å². The number of amides is 1. The molecule has 1 saturated heterocycles. The molecule has 0 saturated carbocycles. The van der Waals surface area contributed by atoms with Crippen molar-refractivity contribution >= 4 is 5.91 Å². The zero-order chi connectivity index (χ0) is 11.4. The minimum absolute atomic E-state index is 0.105. The number of carbonyl (C=O) groups excluding carboxylic acids is 1. The Kier molecular flexibility index (Phi) is 3.57. The lowest BCUT2D eigenvalue weighted by Crippen LogP contribution is -2.34. The number of likely N-dealkylation sites (N-methyl/N-ethyl adjacent to an activating group) is 1. The SMILES string of the molecule is CNC(=O)CN1CCC(c2ccccc2)C1. The molecule has 3 nitrogen and oxygen atoms in total. The topological polar surface area (TPSA) is 32.3 Å². The molecule has 1 aromatic carbocycles. The minimum atomic E-state index is 0.105. The fourth-order valence-electron chi connectivity index (χ4n) is 2.26. The van der Waals surface area contributed by atoms with Gasteiger partial charge in [-0.25, -0.2) is 0 Å². The Labute approximate surface area is 96.5 Å². The van der Waals surface area contributed by atoms with Gasteiger partial charge in [0, 0.05) is 13.6 Å². The first-order valence-electron chi connectivity index (χ1n) is 5.77. The number of carbonyl (C=O) groups is 1. The Bertz CT molecular complexity index is 350. The molecule has 1 aliphatic heterocycles. The van der Waals surface area contributed by atoms with Gasteiger partial charge in [-0.2, -0.15) is 0 Å². The second-order valence-corrected chi connectivity index (χ2v) is 4.30. The normalized spacial score (nSPS) is 20.9. The van der Waals surface area contributed by atoms with Crippen molar-refractivity contribution in [3.63, 3.8) is 0 Å². The average Bonchev–Trinajstić information content (AvgIpc) is 2.78. The highest BCUT2D eigenvalue weighted by molar-refractivity contribution is 5.77. The summed E-state index contributed by atoms with van der Waals surface area (Å²) >= 11 is 0. The summed E-state index contributed by atoms with van der Waals surface area (Å²) in [5, 5.41) is 2.67. The smallest absolute Gasteiger partial charge is 0.233 e. The van der Waals surface area contributed by atoms with Gasteiger partial charge in [0.1, 0.15) is 0 Å². The number of nitrogens with one attached hydrogen (secondary N) is 1. The zero-order valence-electron chi connectivity index (χ0n) is 9.65. The summed E-state index contributed by atoms with van der Waals surface area (Å²) in [4.78, 5) is 13.5. The molecule has 0 spiro atoms. The molecule has 0 radical (unpaired) electrons. The van der Waals surface area contributed by atoms with Crippen molar-refractivity contribution in [2.75, 3.05) is 26.7 Å². The summed E-state index contributed by atoms with van der Waals surface area (Å²) in [5.74, 6) is 0.694. The second kappa shape index (κ2) is 5.12. The van der Waals surface area contributed by atoms with Crippen molar-refractivity contribution in [2.24, 2.45) is 0 Å². The summed E-state index contributed by atoms with van der Waals surface area (Å²) < 4.78 is 0. The van der Waals surface area contributed by atoms with Gasteiger partial charge >= 0.3 is 0 Å². The van der Waals surface area contributed by atoms with Crippen LogP contribution in [0.4, 0.5) is 0 Å². The van der Waals surface area contributed by atoms with Crippen LogP contribution in [-0.2, 0) is 4.79 Å². The van der Waals surface area contributed by atoms with E-state index in [1.165, 1.54) is 5.56 Å². The molecule has 1 atom stereocenters. The lowest BCUT2D eigenvalue weighted by atomic mass is 9.99. The number of hydrogen-bond donors (Lipinski definition) is 1. The van der Waals surface area contributed by atoms with Crippen LogP contribution in [0.1, 0.15) is 17.9 Å². The van der Waals surface area contributed by atoms with Crippen molar-refractivity contribution in [3.8, 4) is 0 Å². The van der Waals surface area contributed by atoms with Gasteiger partial charge in [0.05, 0.1) is 6.54 Å². The van der Waals surface area contributed by atoms with Crippen LogP contribution < -0.4 is 5.32 Å². The van der Waals surface area contributed by atoms with Crippen LogP contribution in [0.3, 0.4) is 0 Å². The fraction of sp³-hybridized carbons (Fsp3) is 0.462. The number of hydrogen-bond acceptors (Lipinski definition) is 2. The van der Waals surface area contributed by atoms with E-state index in [1.54, 1.807) is 7.05 Å². The lowest BCUT2D eigenvalue weighted by molar-refractivity contribution is -0.121. The molecule has 1 heterocycles. The van der Waals surface area contributed by atoms with Gasteiger partial charge in [0.25, 0.3) is 0 Å². The van der Waals surface area contributed by atoms with Crippen molar-refractivity contribution in [1.82, 2.24) is 10.2 Å². The zero-order valence-corrected chi connectivity index (χ0v) is 9.65. The largest absolute Gasteiger partial charge is 0.358 e. The van der Waals surface area contributed by atoms with Crippen LogP contribution in [0.5, 0.6) is 0 Å². The summed E-state index contributed by atoms with van der Waals surface area (Å²) in [6.45, 7) is 2.55. The molecule has 0 aliphatic carbocycles. The third kappa shape index (κ3) is 2.61. The Morgan fingerprint density at radius 1 is 1.44 bits per heavy atom. The maximum absolute atomic E-state index is 11.3.